The Morgan fingerprint density at radius 3 is 3.04 bits per heavy atom. The molecule has 3 rings (SSSR count). The van der Waals surface area contributed by atoms with Crippen LogP contribution in [0.3, 0.4) is 0 Å². The van der Waals surface area contributed by atoms with Gasteiger partial charge in [-0.05, 0) is 29.8 Å². The van der Waals surface area contributed by atoms with Gasteiger partial charge in [-0.1, -0.05) is 18.2 Å². The normalized spacial score (nSPS) is 19.0. The van der Waals surface area contributed by atoms with Gasteiger partial charge in [-0.15, -0.1) is 0 Å². The number of pyridine rings is 1. The van der Waals surface area contributed by atoms with Gasteiger partial charge in [0, 0.05) is 38.4 Å². The maximum absolute atomic E-state index is 9.39. The van der Waals surface area contributed by atoms with E-state index in [9.17, 15) is 5.11 Å². The van der Waals surface area contributed by atoms with E-state index in [0.29, 0.717) is 19.8 Å². The van der Waals surface area contributed by atoms with Crippen LogP contribution < -0.4 is 4.74 Å². The second-order valence-electron chi connectivity index (χ2n) is 6.12. The van der Waals surface area contributed by atoms with Gasteiger partial charge in [0.15, 0.2) is 0 Å². The molecule has 1 aromatic carbocycles. The molecule has 1 aliphatic heterocycles. The fourth-order valence-corrected chi connectivity index (χ4v) is 2.84. The van der Waals surface area contributed by atoms with Gasteiger partial charge in [0.2, 0.25) is 0 Å². The highest BCUT2D eigenvalue weighted by molar-refractivity contribution is 5.28. The van der Waals surface area contributed by atoms with Crippen LogP contribution >= 0.6 is 0 Å². The van der Waals surface area contributed by atoms with Crippen LogP contribution in [0.25, 0.3) is 0 Å². The minimum atomic E-state index is 0.170. The van der Waals surface area contributed by atoms with Gasteiger partial charge in [-0.2, -0.15) is 0 Å². The molecule has 5 nitrogen and oxygen atoms in total. The highest BCUT2D eigenvalue weighted by Gasteiger charge is 2.18. The molecule has 2 heterocycles. The molecule has 1 aliphatic rings. The molecule has 1 N–H and O–H groups in total. The second-order valence-corrected chi connectivity index (χ2v) is 6.12. The van der Waals surface area contributed by atoms with Gasteiger partial charge in [-0.25, -0.2) is 0 Å². The summed E-state index contributed by atoms with van der Waals surface area (Å²) in [5, 5.41) is 9.39. The van der Waals surface area contributed by atoms with Crippen LogP contribution in [-0.2, 0) is 17.9 Å². The molecule has 0 aliphatic carbocycles. The summed E-state index contributed by atoms with van der Waals surface area (Å²) in [4.78, 5) is 6.59. The summed E-state index contributed by atoms with van der Waals surface area (Å²) in [6.07, 6.45) is 1.77. The average Bonchev–Trinajstić information content (AvgIpc) is 2.86. The van der Waals surface area contributed by atoms with E-state index in [1.54, 1.807) is 6.20 Å². The van der Waals surface area contributed by atoms with Crippen molar-refractivity contribution in [2.24, 2.45) is 5.92 Å². The summed E-state index contributed by atoms with van der Waals surface area (Å²) in [7, 11) is 0. The van der Waals surface area contributed by atoms with Crippen molar-refractivity contribution in [1.29, 1.82) is 0 Å². The first-order valence-electron chi connectivity index (χ1n) is 8.36. The summed E-state index contributed by atoms with van der Waals surface area (Å²) >= 11 is 0. The molecule has 1 saturated heterocycles. The van der Waals surface area contributed by atoms with Gasteiger partial charge < -0.3 is 14.6 Å². The monoisotopic (exact) mass is 328 g/mol. The lowest BCUT2D eigenvalue weighted by molar-refractivity contribution is 0.0958. The predicted molar refractivity (Wildman–Crippen MR) is 91.7 cm³/mol. The Bertz CT molecular complexity index is 621. The molecule has 0 unspecified atom stereocenters. The van der Waals surface area contributed by atoms with E-state index in [1.807, 2.05) is 30.3 Å². The van der Waals surface area contributed by atoms with E-state index in [-0.39, 0.29) is 12.5 Å². The first-order chi connectivity index (χ1) is 11.8. The first-order valence-corrected chi connectivity index (χ1v) is 8.36. The molecule has 0 saturated carbocycles. The number of rotatable bonds is 6. The summed E-state index contributed by atoms with van der Waals surface area (Å²) in [5.41, 5.74) is 2.12. The smallest absolute Gasteiger partial charge is 0.130 e. The molecule has 0 spiro atoms. The molecule has 2 aromatic rings. The fraction of sp³-hybridized carbons (Fsp3) is 0.421. The summed E-state index contributed by atoms with van der Waals surface area (Å²) < 4.78 is 11.4. The average molecular weight is 328 g/mol. The Morgan fingerprint density at radius 1 is 1.25 bits per heavy atom. The minimum absolute atomic E-state index is 0.170. The van der Waals surface area contributed by atoms with Crippen molar-refractivity contribution in [3.63, 3.8) is 0 Å². The topological polar surface area (TPSA) is 54.8 Å². The molecular weight excluding hydrogens is 304 g/mol. The Labute approximate surface area is 142 Å². The number of nitrogens with zero attached hydrogens (tertiary/aromatic N) is 2. The van der Waals surface area contributed by atoms with Crippen molar-refractivity contribution in [3.05, 3.63) is 59.9 Å². The SMILES string of the molecule is OC[C@@H]1COCCN(Cc2cccc(OCc3ccccn3)c2)C1. The van der Waals surface area contributed by atoms with Crippen LogP contribution in [-0.4, -0.2) is 47.9 Å². The maximum atomic E-state index is 9.39. The third-order valence-electron chi connectivity index (χ3n) is 4.10. The summed E-state index contributed by atoms with van der Waals surface area (Å²) in [5.74, 6) is 1.04. The van der Waals surface area contributed by atoms with Crippen LogP contribution in [0.2, 0.25) is 0 Å². The number of hydrogen-bond acceptors (Lipinski definition) is 5. The zero-order valence-corrected chi connectivity index (χ0v) is 13.8. The van der Waals surface area contributed by atoms with Crippen molar-refractivity contribution in [3.8, 4) is 5.75 Å². The van der Waals surface area contributed by atoms with Crippen molar-refractivity contribution >= 4 is 0 Å². The Balaban J connectivity index is 1.58. The van der Waals surface area contributed by atoms with E-state index < -0.39 is 0 Å². The van der Waals surface area contributed by atoms with Gasteiger partial charge in [0.1, 0.15) is 12.4 Å². The fourth-order valence-electron chi connectivity index (χ4n) is 2.84. The molecule has 5 heteroatoms. The Hall–Kier alpha value is -1.95. The maximum Gasteiger partial charge on any atom is 0.130 e. The minimum Gasteiger partial charge on any atom is -0.487 e. The van der Waals surface area contributed by atoms with Crippen LogP contribution in [0.5, 0.6) is 5.75 Å². The molecule has 128 valence electrons. The van der Waals surface area contributed by atoms with E-state index in [4.69, 9.17) is 9.47 Å². The number of ether oxygens (including phenoxy) is 2. The van der Waals surface area contributed by atoms with Gasteiger partial charge in [0.25, 0.3) is 0 Å². The number of aromatic nitrogens is 1. The molecule has 1 atom stereocenters. The van der Waals surface area contributed by atoms with E-state index in [0.717, 1.165) is 31.1 Å². The zero-order valence-electron chi connectivity index (χ0n) is 13.8. The highest BCUT2D eigenvalue weighted by Crippen LogP contribution is 2.17. The molecule has 0 amide bonds. The standard InChI is InChI=1S/C19H24N2O3/c22-13-17-12-21(8-9-23-14-17)11-16-4-3-6-19(10-16)24-15-18-5-1-2-7-20-18/h1-7,10,17,22H,8-9,11-15H2/t17-/m1/s1. The first kappa shape index (κ1) is 16.9. The lowest BCUT2D eigenvalue weighted by Gasteiger charge is -2.22. The lowest BCUT2D eigenvalue weighted by Crippen LogP contribution is -2.31. The van der Waals surface area contributed by atoms with Gasteiger partial charge >= 0.3 is 0 Å². The van der Waals surface area contributed by atoms with E-state index in [1.165, 1.54) is 5.56 Å². The van der Waals surface area contributed by atoms with Crippen LogP contribution in [0.1, 0.15) is 11.3 Å². The van der Waals surface area contributed by atoms with Crippen LogP contribution in [0.4, 0.5) is 0 Å². The van der Waals surface area contributed by atoms with E-state index in [2.05, 4.69) is 22.0 Å². The quantitative estimate of drug-likeness (QED) is 0.880. The number of aliphatic hydroxyl groups excluding tert-OH is 1. The molecule has 1 aromatic heterocycles. The van der Waals surface area contributed by atoms with Crippen molar-refractivity contribution in [2.75, 3.05) is 32.9 Å². The Morgan fingerprint density at radius 2 is 2.21 bits per heavy atom. The van der Waals surface area contributed by atoms with Crippen molar-refractivity contribution in [1.82, 2.24) is 9.88 Å². The molecule has 1 fully saturated rings. The lowest BCUT2D eigenvalue weighted by atomic mass is 10.1. The van der Waals surface area contributed by atoms with Crippen molar-refractivity contribution in [2.45, 2.75) is 13.2 Å². The third-order valence-corrected chi connectivity index (χ3v) is 4.10. The predicted octanol–water partition coefficient (Wildman–Crippen LogP) is 2.10. The summed E-state index contributed by atoms with van der Waals surface area (Å²) in [6, 6.07) is 14.0. The van der Waals surface area contributed by atoms with Gasteiger partial charge in [-0.3, -0.25) is 9.88 Å². The number of aliphatic hydroxyl groups is 1. The van der Waals surface area contributed by atoms with Gasteiger partial charge in [0.05, 0.1) is 18.9 Å². The molecular formula is C19H24N2O3. The Kier molecular flexibility index (Phi) is 6.18. The molecule has 0 bridgehead atoms. The third kappa shape index (κ3) is 5.03. The summed E-state index contributed by atoms with van der Waals surface area (Å²) in [6.45, 7) is 4.57. The zero-order chi connectivity index (χ0) is 16.6. The second kappa shape index (κ2) is 8.78. The largest absolute Gasteiger partial charge is 0.487 e. The number of benzene rings is 1. The number of hydrogen-bond donors (Lipinski definition) is 1. The van der Waals surface area contributed by atoms with Crippen LogP contribution in [0.15, 0.2) is 48.7 Å². The van der Waals surface area contributed by atoms with Crippen LogP contribution in [0, 0.1) is 5.92 Å². The van der Waals surface area contributed by atoms with E-state index >= 15 is 0 Å². The molecule has 24 heavy (non-hydrogen) atoms. The van der Waals surface area contributed by atoms with Crippen molar-refractivity contribution < 1.29 is 14.6 Å². The highest BCUT2D eigenvalue weighted by atomic mass is 16.5. The molecule has 0 radical (unpaired) electrons.